The Labute approximate surface area is 315 Å². The van der Waals surface area contributed by atoms with Crippen LogP contribution in [0.25, 0.3) is 0 Å². The number of phosphoric acid groups is 1. The molecule has 2 atom stereocenters. The molecular weight excluding hydrogens is 661 g/mol. The van der Waals surface area contributed by atoms with Gasteiger partial charge in [-0.1, -0.05) is 154 Å². The van der Waals surface area contributed by atoms with E-state index in [1.807, 2.05) is 21.1 Å². The molecule has 0 saturated heterocycles. The molecule has 0 aliphatic carbocycles. The lowest BCUT2D eigenvalue weighted by Gasteiger charge is -2.28. The molecule has 0 heterocycles. The van der Waals surface area contributed by atoms with Gasteiger partial charge in [-0.25, -0.2) is 0 Å². The number of hydrogen-bond donors (Lipinski definition) is 0. The lowest BCUT2D eigenvalue weighted by atomic mass is 10.1. The van der Waals surface area contributed by atoms with Crippen LogP contribution >= 0.6 is 7.82 Å². The Bertz CT molecular complexity index is 874. The Morgan fingerprint density at radius 2 is 1.08 bits per heavy atom. The van der Waals surface area contributed by atoms with Crippen molar-refractivity contribution in [1.29, 1.82) is 0 Å². The number of nitrogens with zero attached hydrogens (tertiary/aromatic N) is 1. The third-order valence-electron chi connectivity index (χ3n) is 9.01. The highest BCUT2D eigenvalue weighted by molar-refractivity contribution is 7.45. The van der Waals surface area contributed by atoms with Gasteiger partial charge in [0.1, 0.15) is 19.3 Å². The molecule has 0 rings (SSSR count). The topological polar surface area (TPSA) is 94.1 Å². The van der Waals surface area contributed by atoms with Gasteiger partial charge in [-0.2, -0.15) is 0 Å². The second kappa shape index (κ2) is 36.0. The summed E-state index contributed by atoms with van der Waals surface area (Å²) in [5, 5.41) is 0. The van der Waals surface area contributed by atoms with Crippen LogP contribution in [0.4, 0.5) is 0 Å². The Morgan fingerprint density at radius 1 is 0.608 bits per heavy atom. The molecule has 0 saturated carbocycles. The molecule has 0 bridgehead atoms. The summed E-state index contributed by atoms with van der Waals surface area (Å²) >= 11 is 0. The summed E-state index contributed by atoms with van der Waals surface area (Å²) in [7, 11) is 1.36. The number of quaternary nitrogens is 1. The standard InChI is InChI=1S/C42H82NO7P/c1-6-8-10-12-14-16-18-19-20-21-22-23-24-25-26-28-30-32-34-37-47-39-41(40-49-51(45,46)48-38-36-43(3,4)5)50-42(44)35-33-31-29-27-17-15-13-11-9-7-2/h16,18,20-21,41H,6-15,17,19,22-40H2,1-5H3/b18-16-,21-20-. The predicted octanol–water partition coefficient (Wildman–Crippen LogP) is 11.4. The molecule has 0 aliphatic heterocycles. The molecule has 8 nitrogen and oxygen atoms in total. The van der Waals surface area contributed by atoms with Gasteiger partial charge in [-0.3, -0.25) is 9.36 Å². The number of hydrogen-bond acceptors (Lipinski definition) is 7. The molecule has 0 aliphatic rings. The number of likely N-dealkylation sites (N-methyl/N-ethyl adjacent to an activating group) is 1. The molecule has 0 fully saturated rings. The van der Waals surface area contributed by atoms with Crippen LogP contribution in [0.15, 0.2) is 24.3 Å². The summed E-state index contributed by atoms with van der Waals surface area (Å²) in [6.45, 7) is 5.38. The normalized spacial score (nSPS) is 14.1. The van der Waals surface area contributed by atoms with E-state index in [0.717, 1.165) is 38.5 Å². The van der Waals surface area contributed by atoms with Crippen molar-refractivity contribution >= 4 is 13.8 Å². The first-order chi connectivity index (χ1) is 24.6. The van der Waals surface area contributed by atoms with Gasteiger partial charge in [-0.15, -0.1) is 0 Å². The molecule has 0 aromatic carbocycles. The van der Waals surface area contributed by atoms with Gasteiger partial charge < -0.3 is 27.9 Å². The van der Waals surface area contributed by atoms with Crippen LogP contribution in [0.5, 0.6) is 0 Å². The van der Waals surface area contributed by atoms with Gasteiger partial charge >= 0.3 is 5.97 Å². The summed E-state index contributed by atoms with van der Waals surface area (Å²) in [4.78, 5) is 24.9. The van der Waals surface area contributed by atoms with E-state index >= 15 is 0 Å². The Kier molecular flexibility index (Phi) is 35.3. The van der Waals surface area contributed by atoms with Crippen LogP contribution in [-0.2, 0) is 27.9 Å². The van der Waals surface area contributed by atoms with Crippen molar-refractivity contribution in [2.75, 3.05) is 54.1 Å². The minimum Gasteiger partial charge on any atom is -0.756 e. The Hall–Kier alpha value is -1.02. The number of phosphoric ester groups is 1. The number of carbonyl (C=O) groups is 1. The fourth-order valence-corrected chi connectivity index (χ4v) is 6.42. The first-order valence-electron chi connectivity index (χ1n) is 21.1. The van der Waals surface area contributed by atoms with Crippen LogP contribution in [0.1, 0.15) is 181 Å². The Balaban J connectivity index is 4.19. The summed E-state index contributed by atoms with van der Waals surface area (Å²) in [5.41, 5.74) is 0. The number of allylic oxidation sites excluding steroid dienone is 4. The summed E-state index contributed by atoms with van der Waals surface area (Å²) in [6.07, 6.45) is 39.0. The lowest BCUT2D eigenvalue weighted by molar-refractivity contribution is -0.870. The highest BCUT2D eigenvalue weighted by atomic mass is 31.2. The highest BCUT2D eigenvalue weighted by Crippen LogP contribution is 2.38. The van der Waals surface area contributed by atoms with Gasteiger partial charge in [0.2, 0.25) is 0 Å². The molecule has 0 N–H and O–H groups in total. The third-order valence-corrected chi connectivity index (χ3v) is 9.97. The minimum atomic E-state index is -4.52. The zero-order chi connectivity index (χ0) is 37.7. The molecule has 0 aromatic rings. The minimum absolute atomic E-state index is 0.0265. The van der Waals surface area contributed by atoms with E-state index in [2.05, 4.69) is 38.2 Å². The van der Waals surface area contributed by atoms with Crippen molar-refractivity contribution < 1.29 is 37.3 Å². The van der Waals surface area contributed by atoms with E-state index in [1.165, 1.54) is 122 Å². The second-order valence-electron chi connectivity index (χ2n) is 15.4. The summed E-state index contributed by atoms with van der Waals surface area (Å²) in [6, 6.07) is 0. The van der Waals surface area contributed by atoms with E-state index in [0.29, 0.717) is 24.1 Å². The molecule has 0 aromatic heterocycles. The van der Waals surface area contributed by atoms with Crippen LogP contribution in [0.3, 0.4) is 0 Å². The average Bonchev–Trinajstić information content (AvgIpc) is 3.08. The van der Waals surface area contributed by atoms with Crippen LogP contribution in [-0.4, -0.2) is 70.7 Å². The first-order valence-corrected chi connectivity index (χ1v) is 22.5. The SMILES string of the molecule is CCCCCC/C=C\C/C=C\CCCCCCCCCCOCC(COP(=O)([O-])OCC[N+](C)(C)C)OC(=O)CCCCCCCCCCCC. The maximum Gasteiger partial charge on any atom is 0.306 e. The van der Waals surface area contributed by atoms with Crippen LogP contribution in [0.2, 0.25) is 0 Å². The average molecular weight is 744 g/mol. The van der Waals surface area contributed by atoms with E-state index in [9.17, 15) is 14.3 Å². The molecule has 302 valence electrons. The highest BCUT2D eigenvalue weighted by Gasteiger charge is 2.20. The van der Waals surface area contributed by atoms with Gasteiger partial charge in [-0.05, 0) is 44.9 Å². The van der Waals surface area contributed by atoms with E-state index in [-0.39, 0.29) is 25.8 Å². The third kappa shape index (κ3) is 40.0. The maximum atomic E-state index is 12.6. The summed E-state index contributed by atoms with van der Waals surface area (Å²) < 4.78 is 34.5. The monoisotopic (exact) mass is 744 g/mol. The number of rotatable bonds is 39. The van der Waals surface area contributed by atoms with Gasteiger partial charge in [0.25, 0.3) is 7.82 Å². The quantitative estimate of drug-likeness (QED) is 0.0203. The number of ether oxygens (including phenoxy) is 2. The van der Waals surface area contributed by atoms with Gasteiger partial charge in [0, 0.05) is 13.0 Å². The van der Waals surface area contributed by atoms with Crippen molar-refractivity contribution in [3.05, 3.63) is 24.3 Å². The zero-order valence-electron chi connectivity index (χ0n) is 34.1. The molecular formula is C42H82NO7P. The molecule has 0 amide bonds. The number of esters is 1. The number of unbranched alkanes of at least 4 members (excludes halogenated alkanes) is 21. The predicted molar refractivity (Wildman–Crippen MR) is 213 cm³/mol. The fraction of sp³-hybridized carbons (Fsp3) is 0.881. The fourth-order valence-electron chi connectivity index (χ4n) is 5.69. The summed E-state index contributed by atoms with van der Waals surface area (Å²) in [5.74, 6) is -0.338. The van der Waals surface area contributed by atoms with Gasteiger partial charge in [0.05, 0.1) is 34.4 Å². The first kappa shape index (κ1) is 50.0. The number of carbonyl (C=O) groups excluding carboxylic acids is 1. The molecule has 2 unspecified atom stereocenters. The molecule has 0 radical (unpaired) electrons. The molecule has 0 spiro atoms. The lowest BCUT2D eigenvalue weighted by Crippen LogP contribution is -2.37. The molecule has 51 heavy (non-hydrogen) atoms. The van der Waals surface area contributed by atoms with Crippen LogP contribution in [0, 0.1) is 0 Å². The zero-order valence-corrected chi connectivity index (χ0v) is 35.0. The van der Waals surface area contributed by atoms with Crippen molar-refractivity contribution in [1.82, 2.24) is 0 Å². The molecule has 9 heteroatoms. The van der Waals surface area contributed by atoms with Crippen LogP contribution < -0.4 is 4.89 Å². The second-order valence-corrected chi connectivity index (χ2v) is 16.8. The maximum absolute atomic E-state index is 12.6. The van der Waals surface area contributed by atoms with Gasteiger partial charge in [0.15, 0.2) is 0 Å². The van der Waals surface area contributed by atoms with E-state index < -0.39 is 13.9 Å². The van der Waals surface area contributed by atoms with Crippen molar-refractivity contribution in [2.45, 2.75) is 187 Å². The van der Waals surface area contributed by atoms with Crippen molar-refractivity contribution in [3.8, 4) is 0 Å². The van der Waals surface area contributed by atoms with Crippen molar-refractivity contribution in [3.63, 3.8) is 0 Å². The Morgan fingerprint density at radius 3 is 1.61 bits per heavy atom. The van der Waals surface area contributed by atoms with E-state index in [4.69, 9.17) is 18.5 Å². The van der Waals surface area contributed by atoms with Crippen molar-refractivity contribution in [2.24, 2.45) is 0 Å². The largest absolute Gasteiger partial charge is 0.756 e. The van der Waals surface area contributed by atoms with E-state index in [1.54, 1.807) is 0 Å². The smallest absolute Gasteiger partial charge is 0.306 e.